The summed E-state index contributed by atoms with van der Waals surface area (Å²) in [4.78, 5) is 12.4. The Kier molecular flexibility index (Phi) is 8.68. The first kappa shape index (κ1) is 21.7. The number of nitrogens with one attached hydrogen (secondary N) is 2. The molecule has 1 amide bonds. The normalized spacial score (nSPS) is 18.7. The van der Waals surface area contributed by atoms with Crippen molar-refractivity contribution in [2.75, 3.05) is 32.5 Å². The molecule has 0 saturated carbocycles. The fourth-order valence-electron chi connectivity index (χ4n) is 2.80. The van der Waals surface area contributed by atoms with Crippen molar-refractivity contribution in [2.45, 2.75) is 24.7 Å². The molecule has 2 rings (SSSR count). The Morgan fingerprint density at radius 3 is 2.60 bits per heavy atom. The van der Waals surface area contributed by atoms with Crippen molar-refractivity contribution in [1.82, 2.24) is 10.6 Å². The molecule has 142 valence electrons. The summed E-state index contributed by atoms with van der Waals surface area (Å²) in [6, 6.07) is 6.22. The van der Waals surface area contributed by atoms with Crippen LogP contribution in [-0.4, -0.2) is 46.8 Å². The van der Waals surface area contributed by atoms with Gasteiger partial charge in [-0.05, 0) is 56.1 Å². The molecule has 2 N–H and O–H groups in total. The van der Waals surface area contributed by atoms with E-state index in [0.717, 1.165) is 25.9 Å². The lowest BCUT2D eigenvalue weighted by atomic mass is 9.99. The summed E-state index contributed by atoms with van der Waals surface area (Å²) < 4.78 is 29.9. The molecule has 6 nitrogen and oxygen atoms in total. The van der Waals surface area contributed by atoms with Crippen LogP contribution < -0.4 is 15.4 Å². The molecule has 1 aliphatic rings. The zero-order chi connectivity index (χ0) is 17.6. The average molecular weight is 391 g/mol. The Bertz CT molecular complexity index is 643. The van der Waals surface area contributed by atoms with Crippen LogP contribution in [0.3, 0.4) is 0 Å². The molecule has 0 aromatic heterocycles. The lowest BCUT2D eigenvalue weighted by Crippen LogP contribution is -2.40. The molecule has 0 bridgehead atoms. The fourth-order valence-corrected chi connectivity index (χ4v) is 4.35. The van der Waals surface area contributed by atoms with Crippen molar-refractivity contribution in [3.63, 3.8) is 0 Å². The Balaban J connectivity index is 0.00000312. The third kappa shape index (κ3) is 6.49. The zero-order valence-corrected chi connectivity index (χ0v) is 16.3. The first-order valence-corrected chi connectivity index (χ1v) is 9.93. The topological polar surface area (TPSA) is 84.5 Å². The molecule has 0 aliphatic carbocycles. The summed E-state index contributed by atoms with van der Waals surface area (Å²) in [6.45, 7) is 4.17. The number of piperidine rings is 1. The molecule has 25 heavy (non-hydrogen) atoms. The highest BCUT2D eigenvalue weighted by atomic mass is 35.5. The number of carbonyl (C=O) groups is 1. The van der Waals surface area contributed by atoms with Crippen LogP contribution in [0, 0.1) is 11.8 Å². The SMILES string of the molecule is COc1ccc(S(=O)(=O)CC(C)C(=O)NCC2CCCNC2)cc1.Cl. The van der Waals surface area contributed by atoms with Crippen LogP contribution in [0.5, 0.6) is 5.75 Å². The molecule has 0 spiro atoms. The standard InChI is InChI=1S/C17H26N2O4S.ClH/c1-13(17(20)19-11-14-4-3-9-18-10-14)12-24(21,22)16-7-5-15(23-2)6-8-16;/h5-8,13-14,18H,3-4,9-12H2,1-2H3,(H,19,20);1H. The van der Waals surface area contributed by atoms with Crippen molar-refractivity contribution >= 4 is 28.2 Å². The van der Waals surface area contributed by atoms with Gasteiger partial charge >= 0.3 is 0 Å². The van der Waals surface area contributed by atoms with Gasteiger partial charge in [0, 0.05) is 12.5 Å². The van der Waals surface area contributed by atoms with Crippen LogP contribution >= 0.6 is 12.4 Å². The van der Waals surface area contributed by atoms with Crippen molar-refractivity contribution < 1.29 is 17.9 Å². The zero-order valence-electron chi connectivity index (χ0n) is 14.7. The first-order chi connectivity index (χ1) is 11.4. The van der Waals surface area contributed by atoms with Crippen LogP contribution in [0.4, 0.5) is 0 Å². The molecule has 1 aromatic carbocycles. The third-order valence-corrected chi connectivity index (χ3v) is 6.23. The number of methoxy groups -OCH3 is 1. The number of rotatable bonds is 7. The second kappa shape index (κ2) is 9.99. The van der Waals surface area contributed by atoms with Gasteiger partial charge in [0.1, 0.15) is 5.75 Å². The van der Waals surface area contributed by atoms with Crippen LogP contribution in [0.25, 0.3) is 0 Å². The van der Waals surface area contributed by atoms with Crippen LogP contribution in [0.2, 0.25) is 0 Å². The number of hydrogen-bond donors (Lipinski definition) is 2. The molecule has 8 heteroatoms. The highest BCUT2D eigenvalue weighted by molar-refractivity contribution is 7.91. The summed E-state index contributed by atoms with van der Waals surface area (Å²) in [5.74, 6) is 0.0221. The Morgan fingerprint density at radius 1 is 1.36 bits per heavy atom. The van der Waals surface area contributed by atoms with Crippen LogP contribution in [-0.2, 0) is 14.6 Å². The Morgan fingerprint density at radius 2 is 2.04 bits per heavy atom. The van der Waals surface area contributed by atoms with E-state index in [4.69, 9.17) is 4.74 Å². The maximum Gasteiger partial charge on any atom is 0.223 e. The smallest absolute Gasteiger partial charge is 0.223 e. The number of halogens is 1. The molecule has 1 heterocycles. The van der Waals surface area contributed by atoms with Crippen LogP contribution in [0.15, 0.2) is 29.2 Å². The predicted molar refractivity (Wildman–Crippen MR) is 100 cm³/mol. The summed E-state index contributed by atoms with van der Waals surface area (Å²) in [7, 11) is -1.98. The highest BCUT2D eigenvalue weighted by Crippen LogP contribution is 2.18. The molecular weight excluding hydrogens is 364 g/mol. The molecule has 1 fully saturated rings. The van der Waals surface area contributed by atoms with Crippen LogP contribution in [0.1, 0.15) is 19.8 Å². The predicted octanol–water partition coefficient (Wildman–Crippen LogP) is 1.64. The Labute approximate surface area is 156 Å². The third-order valence-electron chi connectivity index (χ3n) is 4.30. The minimum absolute atomic E-state index is 0. The monoisotopic (exact) mass is 390 g/mol. The second-order valence-corrected chi connectivity index (χ2v) is 8.35. The van der Waals surface area contributed by atoms with Crippen molar-refractivity contribution in [2.24, 2.45) is 11.8 Å². The van der Waals surface area contributed by atoms with Gasteiger partial charge in [0.25, 0.3) is 0 Å². The van der Waals surface area contributed by atoms with E-state index in [2.05, 4.69) is 10.6 Å². The van der Waals surface area contributed by atoms with E-state index in [-0.39, 0.29) is 29.0 Å². The number of amides is 1. The highest BCUT2D eigenvalue weighted by Gasteiger charge is 2.24. The lowest BCUT2D eigenvalue weighted by molar-refractivity contribution is -0.124. The fraction of sp³-hybridized carbons (Fsp3) is 0.588. The van der Waals surface area contributed by atoms with E-state index in [1.807, 2.05) is 0 Å². The van der Waals surface area contributed by atoms with Crippen molar-refractivity contribution in [3.05, 3.63) is 24.3 Å². The summed E-state index contributed by atoms with van der Waals surface area (Å²) >= 11 is 0. The summed E-state index contributed by atoms with van der Waals surface area (Å²) in [6.07, 6.45) is 2.20. The number of benzene rings is 1. The molecular formula is C17H27ClN2O4S. The van der Waals surface area contributed by atoms with Crippen molar-refractivity contribution in [3.8, 4) is 5.75 Å². The van der Waals surface area contributed by atoms with E-state index in [1.165, 1.54) is 19.2 Å². The summed E-state index contributed by atoms with van der Waals surface area (Å²) in [5.41, 5.74) is 0. The number of sulfone groups is 1. The van der Waals surface area contributed by atoms with Gasteiger partial charge in [-0.15, -0.1) is 12.4 Å². The van der Waals surface area contributed by atoms with Gasteiger partial charge in [0.15, 0.2) is 9.84 Å². The molecule has 2 atom stereocenters. The first-order valence-electron chi connectivity index (χ1n) is 8.27. The summed E-state index contributed by atoms with van der Waals surface area (Å²) in [5, 5.41) is 6.18. The maximum atomic E-state index is 12.4. The van der Waals surface area contributed by atoms with Gasteiger partial charge in [-0.3, -0.25) is 4.79 Å². The van der Waals surface area contributed by atoms with E-state index >= 15 is 0 Å². The van der Waals surface area contributed by atoms with E-state index in [9.17, 15) is 13.2 Å². The van der Waals surface area contributed by atoms with Gasteiger partial charge in [0.05, 0.1) is 17.8 Å². The van der Waals surface area contributed by atoms with Gasteiger partial charge in [-0.2, -0.15) is 0 Å². The average Bonchev–Trinajstić information content (AvgIpc) is 2.60. The minimum atomic E-state index is -3.50. The second-order valence-electron chi connectivity index (χ2n) is 6.32. The minimum Gasteiger partial charge on any atom is -0.497 e. The Hall–Kier alpha value is -1.31. The number of hydrogen-bond acceptors (Lipinski definition) is 5. The van der Waals surface area contributed by atoms with Gasteiger partial charge in [-0.1, -0.05) is 6.92 Å². The maximum absolute atomic E-state index is 12.4. The van der Waals surface area contributed by atoms with Gasteiger partial charge < -0.3 is 15.4 Å². The number of ether oxygens (including phenoxy) is 1. The van der Waals surface area contributed by atoms with Crippen molar-refractivity contribution in [1.29, 1.82) is 0 Å². The largest absolute Gasteiger partial charge is 0.497 e. The number of carbonyl (C=O) groups excluding carboxylic acids is 1. The molecule has 1 aromatic rings. The van der Waals surface area contributed by atoms with E-state index in [1.54, 1.807) is 19.1 Å². The molecule has 2 unspecified atom stereocenters. The molecule has 1 saturated heterocycles. The molecule has 1 aliphatic heterocycles. The van der Waals surface area contributed by atoms with Gasteiger partial charge in [0.2, 0.25) is 5.91 Å². The molecule has 0 radical (unpaired) electrons. The quantitative estimate of drug-likeness (QED) is 0.739. The lowest BCUT2D eigenvalue weighted by Gasteiger charge is -2.23. The van der Waals surface area contributed by atoms with Gasteiger partial charge in [-0.25, -0.2) is 8.42 Å². The van der Waals surface area contributed by atoms with E-state index < -0.39 is 15.8 Å². The van der Waals surface area contributed by atoms with E-state index in [0.29, 0.717) is 18.2 Å².